The summed E-state index contributed by atoms with van der Waals surface area (Å²) in [4.78, 5) is 0.0251. The maximum atomic E-state index is 12.2. The molecule has 2 aromatic carbocycles. The first-order valence-electron chi connectivity index (χ1n) is 5.74. The monoisotopic (exact) mass is 367 g/mol. The highest BCUT2D eigenvalue weighted by atomic mass is 79.9. The van der Waals surface area contributed by atoms with Crippen LogP contribution in [0.5, 0.6) is 11.5 Å². The summed E-state index contributed by atoms with van der Waals surface area (Å²) in [6.07, 6.45) is 0. The van der Waals surface area contributed by atoms with Crippen LogP contribution >= 0.6 is 15.9 Å². The van der Waals surface area contributed by atoms with Gasteiger partial charge in [-0.05, 0) is 36.4 Å². The number of methoxy groups -OCH3 is 1. The molecule has 2 rings (SSSR count). The van der Waals surface area contributed by atoms with E-state index in [1.54, 1.807) is 12.1 Å². The molecule has 0 N–H and O–H groups in total. The van der Waals surface area contributed by atoms with E-state index in [9.17, 15) is 8.42 Å². The molecule has 7 heteroatoms. The summed E-state index contributed by atoms with van der Waals surface area (Å²) in [7, 11) is -2.60. The van der Waals surface area contributed by atoms with Crippen LogP contribution < -0.4 is 8.92 Å². The maximum Gasteiger partial charge on any atom is 0.339 e. The van der Waals surface area contributed by atoms with Crippen molar-refractivity contribution in [3.05, 3.63) is 52.5 Å². The fraction of sp³-hybridized carbons (Fsp3) is 0.0714. The van der Waals surface area contributed by atoms with E-state index in [-0.39, 0.29) is 16.4 Å². The Kier molecular flexibility index (Phi) is 4.50. The van der Waals surface area contributed by atoms with Gasteiger partial charge >= 0.3 is 10.1 Å². The first-order valence-corrected chi connectivity index (χ1v) is 7.94. The molecule has 0 unspecified atom stereocenters. The van der Waals surface area contributed by atoms with Crippen molar-refractivity contribution in [2.45, 2.75) is 4.90 Å². The van der Waals surface area contributed by atoms with Gasteiger partial charge in [-0.1, -0.05) is 15.9 Å². The minimum atomic E-state index is -3.97. The molecule has 0 aliphatic carbocycles. The standard InChI is InChI=1S/C14H10BrNO4S/c1-19-14-8-10(9-16)2-7-13(14)20-21(17,18)12-5-3-11(15)4-6-12/h2-8H,1H3. The fourth-order valence-electron chi connectivity index (χ4n) is 1.57. The molecule has 0 aliphatic heterocycles. The molecule has 0 heterocycles. The molecule has 2 aromatic rings. The van der Waals surface area contributed by atoms with Crippen molar-refractivity contribution in [3.63, 3.8) is 0 Å². The van der Waals surface area contributed by atoms with Crippen LogP contribution in [0.1, 0.15) is 5.56 Å². The fourth-order valence-corrected chi connectivity index (χ4v) is 2.78. The highest BCUT2D eigenvalue weighted by Crippen LogP contribution is 2.30. The quantitative estimate of drug-likeness (QED) is 0.776. The van der Waals surface area contributed by atoms with Gasteiger partial charge in [-0.2, -0.15) is 13.7 Å². The Morgan fingerprint density at radius 2 is 1.76 bits per heavy atom. The Hall–Kier alpha value is -2.04. The Morgan fingerprint density at radius 1 is 1.10 bits per heavy atom. The van der Waals surface area contributed by atoms with E-state index in [2.05, 4.69) is 15.9 Å². The SMILES string of the molecule is COc1cc(C#N)ccc1OS(=O)(=O)c1ccc(Br)cc1. The second kappa shape index (κ2) is 6.16. The van der Waals surface area contributed by atoms with Crippen molar-refractivity contribution in [3.8, 4) is 17.6 Å². The first kappa shape index (κ1) is 15.4. The molecule has 0 amide bonds. The van der Waals surface area contributed by atoms with Gasteiger partial charge in [0.2, 0.25) is 0 Å². The van der Waals surface area contributed by atoms with E-state index < -0.39 is 10.1 Å². The van der Waals surface area contributed by atoms with E-state index in [1.165, 1.54) is 37.4 Å². The Labute approximate surface area is 131 Å². The van der Waals surface area contributed by atoms with Gasteiger partial charge in [-0.15, -0.1) is 0 Å². The zero-order chi connectivity index (χ0) is 15.5. The summed E-state index contributed by atoms with van der Waals surface area (Å²) in [5.41, 5.74) is 0.347. The minimum Gasteiger partial charge on any atom is -0.493 e. The summed E-state index contributed by atoms with van der Waals surface area (Å²) >= 11 is 3.23. The van der Waals surface area contributed by atoms with Crippen LogP contribution in [0.3, 0.4) is 0 Å². The van der Waals surface area contributed by atoms with Crippen molar-refractivity contribution in [1.29, 1.82) is 5.26 Å². The van der Waals surface area contributed by atoms with Crippen molar-refractivity contribution in [1.82, 2.24) is 0 Å². The average Bonchev–Trinajstić information content (AvgIpc) is 2.47. The Morgan fingerprint density at radius 3 is 2.33 bits per heavy atom. The molecule has 0 fully saturated rings. The van der Waals surface area contributed by atoms with Crippen LogP contribution in [0.2, 0.25) is 0 Å². The highest BCUT2D eigenvalue weighted by Gasteiger charge is 2.19. The molecule has 0 atom stereocenters. The molecule has 0 aromatic heterocycles. The summed E-state index contributed by atoms with van der Waals surface area (Å²) in [6, 6.07) is 12.2. The van der Waals surface area contributed by atoms with Gasteiger partial charge in [0.05, 0.1) is 18.7 Å². The number of hydrogen-bond donors (Lipinski definition) is 0. The van der Waals surface area contributed by atoms with E-state index in [0.29, 0.717) is 5.56 Å². The van der Waals surface area contributed by atoms with Crippen LogP contribution in [0.15, 0.2) is 51.8 Å². The normalized spacial score (nSPS) is 10.7. The van der Waals surface area contributed by atoms with E-state index in [1.807, 2.05) is 6.07 Å². The molecule has 0 radical (unpaired) electrons. The van der Waals surface area contributed by atoms with Gasteiger partial charge in [-0.3, -0.25) is 0 Å². The van der Waals surface area contributed by atoms with Gasteiger partial charge in [0.25, 0.3) is 0 Å². The van der Waals surface area contributed by atoms with Crippen LogP contribution in [0, 0.1) is 11.3 Å². The lowest BCUT2D eigenvalue weighted by atomic mass is 10.2. The smallest absolute Gasteiger partial charge is 0.339 e. The lowest BCUT2D eigenvalue weighted by Gasteiger charge is -2.10. The Balaban J connectivity index is 2.37. The predicted octanol–water partition coefficient (Wildman–Crippen LogP) is 3.10. The van der Waals surface area contributed by atoms with E-state index in [0.717, 1.165) is 4.47 Å². The molecular formula is C14H10BrNO4S. The lowest BCUT2D eigenvalue weighted by molar-refractivity contribution is 0.390. The van der Waals surface area contributed by atoms with Crippen LogP contribution in [0.25, 0.3) is 0 Å². The Bertz CT molecular complexity index is 795. The van der Waals surface area contributed by atoms with E-state index >= 15 is 0 Å². The molecule has 0 aliphatic rings. The zero-order valence-electron chi connectivity index (χ0n) is 10.9. The molecule has 21 heavy (non-hydrogen) atoms. The molecule has 0 bridgehead atoms. The molecule has 0 spiro atoms. The summed E-state index contributed by atoms with van der Waals surface area (Å²) in [5.74, 6) is 0.203. The van der Waals surface area contributed by atoms with Crippen LogP contribution in [0.4, 0.5) is 0 Å². The van der Waals surface area contributed by atoms with Crippen LogP contribution in [-0.4, -0.2) is 15.5 Å². The van der Waals surface area contributed by atoms with Gasteiger partial charge < -0.3 is 8.92 Å². The third-order valence-corrected chi connectivity index (χ3v) is 4.37. The van der Waals surface area contributed by atoms with Crippen molar-refractivity contribution >= 4 is 26.0 Å². The lowest BCUT2D eigenvalue weighted by Crippen LogP contribution is -2.10. The van der Waals surface area contributed by atoms with E-state index in [4.69, 9.17) is 14.2 Å². The summed E-state index contributed by atoms with van der Waals surface area (Å²) in [5, 5.41) is 8.82. The third-order valence-electron chi connectivity index (χ3n) is 2.59. The number of ether oxygens (including phenoxy) is 1. The number of benzene rings is 2. The minimum absolute atomic E-state index is 0.0251. The molecular weight excluding hydrogens is 358 g/mol. The molecule has 0 saturated heterocycles. The third kappa shape index (κ3) is 3.54. The van der Waals surface area contributed by atoms with Crippen LogP contribution in [-0.2, 0) is 10.1 Å². The summed E-state index contributed by atoms with van der Waals surface area (Å²) < 4.78 is 35.2. The second-order valence-electron chi connectivity index (χ2n) is 3.97. The van der Waals surface area contributed by atoms with Crippen molar-refractivity contribution < 1.29 is 17.3 Å². The van der Waals surface area contributed by atoms with Gasteiger partial charge in [0.15, 0.2) is 11.5 Å². The topological polar surface area (TPSA) is 76.4 Å². The largest absolute Gasteiger partial charge is 0.493 e. The number of rotatable bonds is 4. The second-order valence-corrected chi connectivity index (χ2v) is 6.43. The highest BCUT2D eigenvalue weighted by molar-refractivity contribution is 9.10. The average molecular weight is 368 g/mol. The molecule has 5 nitrogen and oxygen atoms in total. The van der Waals surface area contributed by atoms with Gasteiger partial charge in [0, 0.05) is 10.5 Å². The summed E-state index contributed by atoms with van der Waals surface area (Å²) in [6.45, 7) is 0. The predicted molar refractivity (Wildman–Crippen MR) is 79.7 cm³/mol. The van der Waals surface area contributed by atoms with Gasteiger partial charge in [-0.25, -0.2) is 0 Å². The first-order chi connectivity index (χ1) is 9.96. The van der Waals surface area contributed by atoms with Crippen molar-refractivity contribution in [2.75, 3.05) is 7.11 Å². The zero-order valence-corrected chi connectivity index (χ0v) is 13.3. The van der Waals surface area contributed by atoms with Crippen molar-refractivity contribution in [2.24, 2.45) is 0 Å². The number of hydrogen-bond acceptors (Lipinski definition) is 5. The maximum absolute atomic E-state index is 12.2. The number of nitriles is 1. The molecule has 0 saturated carbocycles. The number of halogens is 1. The van der Waals surface area contributed by atoms with Gasteiger partial charge in [0.1, 0.15) is 4.90 Å². The molecule has 108 valence electrons. The number of nitrogens with zero attached hydrogens (tertiary/aromatic N) is 1.